The van der Waals surface area contributed by atoms with E-state index in [4.69, 9.17) is 10.2 Å². The Labute approximate surface area is 64.0 Å². The predicted molar refractivity (Wildman–Crippen MR) is 36.9 cm³/mol. The highest BCUT2D eigenvalue weighted by atomic mass is 16.4. The number of nitrogens with one attached hydrogen (secondary N) is 1. The van der Waals surface area contributed by atoms with E-state index in [9.17, 15) is 9.59 Å². The van der Waals surface area contributed by atoms with E-state index in [-0.39, 0.29) is 6.61 Å². The zero-order valence-corrected chi connectivity index (χ0v) is 6.42. The molecule has 0 aliphatic rings. The molecule has 64 valence electrons. The second-order valence-corrected chi connectivity index (χ2v) is 2.80. The minimum atomic E-state index is -1.55. The molecule has 0 aromatic heterocycles. The van der Waals surface area contributed by atoms with Crippen LogP contribution >= 0.6 is 0 Å². The molecule has 0 heterocycles. The molecule has 0 spiro atoms. The third-order valence-electron chi connectivity index (χ3n) is 1.04. The highest BCUT2D eigenvalue weighted by Crippen LogP contribution is 1.98. The van der Waals surface area contributed by atoms with Gasteiger partial charge in [0, 0.05) is 0 Å². The van der Waals surface area contributed by atoms with Gasteiger partial charge in [-0.25, -0.2) is 4.79 Å². The average molecular weight is 161 g/mol. The summed E-state index contributed by atoms with van der Waals surface area (Å²) in [7, 11) is 0. The summed E-state index contributed by atoms with van der Waals surface area (Å²) >= 11 is 0. The van der Waals surface area contributed by atoms with Gasteiger partial charge < -0.3 is 15.5 Å². The fourth-order valence-corrected chi connectivity index (χ4v) is 0.400. The summed E-state index contributed by atoms with van der Waals surface area (Å²) in [6.45, 7) is 2.74. The summed E-state index contributed by atoms with van der Waals surface area (Å²) < 4.78 is 0. The lowest BCUT2D eigenvalue weighted by Gasteiger charge is -2.21. The van der Waals surface area contributed by atoms with Gasteiger partial charge in [-0.2, -0.15) is 0 Å². The van der Waals surface area contributed by atoms with Crippen LogP contribution < -0.4 is 5.32 Å². The van der Waals surface area contributed by atoms with Crippen LogP contribution in [0.3, 0.4) is 0 Å². The van der Waals surface area contributed by atoms with Gasteiger partial charge in [-0.15, -0.1) is 0 Å². The van der Waals surface area contributed by atoms with Crippen LogP contribution in [0.4, 0.5) is 0 Å². The van der Waals surface area contributed by atoms with Gasteiger partial charge >= 0.3 is 11.9 Å². The summed E-state index contributed by atoms with van der Waals surface area (Å²) in [5, 5.41) is 18.9. The third-order valence-corrected chi connectivity index (χ3v) is 1.04. The number of carbonyl (C=O) groups excluding carboxylic acids is 1. The largest absolute Gasteiger partial charge is 0.474 e. The van der Waals surface area contributed by atoms with Gasteiger partial charge in [0.25, 0.3) is 0 Å². The Kier molecular flexibility index (Phi) is 3.00. The molecule has 0 aliphatic carbocycles. The van der Waals surface area contributed by atoms with Crippen LogP contribution in [0.2, 0.25) is 0 Å². The minimum Gasteiger partial charge on any atom is -0.474 e. The van der Waals surface area contributed by atoms with Crippen molar-refractivity contribution in [3.8, 4) is 0 Å². The molecule has 0 fully saturated rings. The van der Waals surface area contributed by atoms with Crippen LogP contribution in [0.15, 0.2) is 0 Å². The van der Waals surface area contributed by atoms with Crippen LogP contribution in [-0.4, -0.2) is 34.2 Å². The van der Waals surface area contributed by atoms with Gasteiger partial charge in [0.2, 0.25) is 0 Å². The van der Waals surface area contributed by atoms with Crippen molar-refractivity contribution in [2.45, 2.75) is 19.4 Å². The van der Waals surface area contributed by atoms with Crippen LogP contribution in [0.1, 0.15) is 13.8 Å². The van der Waals surface area contributed by atoms with Crippen molar-refractivity contribution < 1.29 is 19.8 Å². The Morgan fingerprint density at radius 1 is 1.45 bits per heavy atom. The molecule has 0 aliphatic heterocycles. The number of aliphatic hydroxyl groups excluding tert-OH is 1. The van der Waals surface area contributed by atoms with Crippen molar-refractivity contribution in [3.63, 3.8) is 0 Å². The van der Waals surface area contributed by atoms with Gasteiger partial charge in [-0.05, 0) is 13.8 Å². The average Bonchev–Trinajstić information content (AvgIpc) is 1.87. The third kappa shape index (κ3) is 3.57. The molecule has 11 heavy (non-hydrogen) atoms. The van der Waals surface area contributed by atoms with Crippen molar-refractivity contribution in [2.24, 2.45) is 0 Å². The highest BCUT2D eigenvalue weighted by molar-refractivity contribution is 6.31. The summed E-state index contributed by atoms with van der Waals surface area (Å²) in [4.78, 5) is 20.5. The Bertz CT molecular complexity index is 175. The van der Waals surface area contributed by atoms with E-state index in [1.54, 1.807) is 0 Å². The van der Waals surface area contributed by atoms with E-state index in [1.807, 2.05) is 0 Å². The SMILES string of the molecule is CC(C)(CO)NC(=O)C(=O)O. The smallest absolute Gasteiger partial charge is 0.394 e. The van der Waals surface area contributed by atoms with E-state index in [1.165, 1.54) is 13.8 Å². The number of carboxylic acids is 1. The summed E-state index contributed by atoms with van der Waals surface area (Å²) in [6.07, 6.45) is 0. The molecular weight excluding hydrogens is 150 g/mol. The Balaban J connectivity index is 4.04. The fraction of sp³-hybridized carbons (Fsp3) is 0.667. The maximum absolute atomic E-state index is 10.5. The van der Waals surface area contributed by atoms with E-state index in [2.05, 4.69) is 5.32 Å². The molecule has 0 radical (unpaired) electrons. The second-order valence-electron chi connectivity index (χ2n) is 2.80. The number of rotatable bonds is 2. The number of hydrogen-bond donors (Lipinski definition) is 3. The van der Waals surface area contributed by atoms with Crippen LogP contribution in [0, 0.1) is 0 Å². The van der Waals surface area contributed by atoms with E-state index < -0.39 is 17.4 Å². The fourth-order valence-electron chi connectivity index (χ4n) is 0.400. The number of carbonyl (C=O) groups is 2. The monoisotopic (exact) mass is 161 g/mol. The molecule has 0 saturated carbocycles. The lowest BCUT2D eigenvalue weighted by Crippen LogP contribution is -2.48. The molecule has 0 rings (SSSR count). The summed E-state index contributed by atoms with van der Waals surface area (Å²) in [6, 6.07) is 0. The Morgan fingerprint density at radius 2 is 1.91 bits per heavy atom. The normalized spacial score (nSPS) is 10.8. The molecule has 0 aromatic rings. The van der Waals surface area contributed by atoms with Gasteiger partial charge in [-0.1, -0.05) is 0 Å². The topological polar surface area (TPSA) is 86.6 Å². The van der Waals surface area contributed by atoms with Crippen LogP contribution in [0.5, 0.6) is 0 Å². The van der Waals surface area contributed by atoms with Crippen molar-refractivity contribution >= 4 is 11.9 Å². The maximum Gasteiger partial charge on any atom is 0.394 e. The maximum atomic E-state index is 10.5. The zero-order valence-electron chi connectivity index (χ0n) is 6.42. The first-order valence-electron chi connectivity index (χ1n) is 3.05. The van der Waals surface area contributed by atoms with Crippen LogP contribution in [0.25, 0.3) is 0 Å². The van der Waals surface area contributed by atoms with Gasteiger partial charge in [0.1, 0.15) is 0 Å². The number of amides is 1. The van der Waals surface area contributed by atoms with E-state index >= 15 is 0 Å². The quantitative estimate of drug-likeness (QED) is 0.451. The first-order valence-corrected chi connectivity index (χ1v) is 3.05. The lowest BCUT2D eigenvalue weighted by molar-refractivity contribution is -0.151. The zero-order chi connectivity index (χ0) is 9.07. The molecule has 0 saturated heterocycles. The molecule has 3 N–H and O–H groups in total. The Hall–Kier alpha value is -1.10. The van der Waals surface area contributed by atoms with Gasteiger partial charge in [0.15, 0.2) is 0 Å². The van der Waals surface area contributed by atoms with Crippen LogP contribution in [-0.2, 0) is 9.59 Å². The molecule has 5 heteroatoms. The molecular formula is C6H11NO4. The van der Waals surface area contributed by atoms with Crippen molar-refractivity contribution in [1.82, 2.24) is 5.32 Å². The first kappa shape index (κ1) is 9.90. The molecule has 0 unspecified atom stereocenters. The number of aliphatic hydroxyl groups is 1. The lowest BCUT2D eigenvalue weighted by atomic mass is 10.1. The summed E-state index contributed by atoms with van der Waals surface area (Å²) in [5.41, 5.74) is -0.879. The number of carboxylic acid groups (broad SMARTS) is 1. The summed E-state index contributed by atoms with van der Waals surface area (Å²) in [5.74, 6) is -2.66. The van der Waals surface area contributed by atoms with Crippen molar-refractivity contribution in [1.29, 1.82) is 0 Å². The molecule has 5 nitrogen and oxygen atoms in total. The standard InChI is InChI=1S/C6H11NO4/c1-6(2,3-8)7-4(9)5(10)11/h8H,3H2,1-2H3,(H,7,9)(H,10,11). The Morgan fingerprint density at radius 3 is 2.18 bits per heavy atom. The number of hydrogen-bond acceptors (Lipinski definition) is 3. The molecule has 0 atom stereocenters. The second kappa shape index (κ2) is 3.34. The van der Waals surface area contributed by atoms with Gasteiger partial charge in [0.05, 0.1) is 12.1 Å². The van der Waals surface area contributed by atoms with Gasteiger partial charge in [-0.3, -0.25) is 4.79 Å². The first-order chi connectivity index (χ1) is 4.89. The van der Waals surface area contributed by atoms with Crippen molar-refractivity contribution in [2.75, 3.05) is 6.61 Å². The highest BCUT2D eigenvalue weighted by Gasteiger charge is 2.22. The molecule has 0 aromatic carbocycles. The molecule has 0 bridgehead atoms. The van der Waals surface area contributed by atoms with E-state index in [0.29, 0.717) is 0 Å². The minimum absolute atomic E-state index is 0.300. The van der Waals surface area contributed by atoms with E-state index in [0.717, 1.165) is 0 Å². The molecule has 1 amide bonds. The predicted octanol–water partition coefficient (Wildman–Crippen LogP) is -1.04. The van der Waals surface area contributed by atoms with Crippen molar-refractivity contribution in [3.05, 3.63) is 0 Å². The number of aliphatic carboxylic acids is 1.